The molecule has 68 valence electrons. The first-order chi connectivity index (χ1) is 5.58. The molecule has 1 rings (SSSR count). The van der Waals surface area contributed by atoms with Crippen molar-refractivity contribution in [2.24, 2.45) is 0 Å². The van der Waals surface area contributed by atoms with E-state index in [1.165, 1.54) is 5.56 Å². The highest BCUT2D eigenvalue weighted by Crippen LogP contribution is 2.03. The predicted octanol–water partition coefficient (Wildman–Crippen LogP) is 1.51. The van der Waals surface area contributed by atoms with Gasteiger partial charge in [0.25, 0.3) is 0 Å². The molecule has 0 bridgehead atoms. The summed E-state index contributed by atoms with van der Waals surface area (Å²) in [6, 6.07) is 10.2. The minimum atomic E-state index is -1.83. The summed E-state index contributed by atoms with van der Waals surface area (Å²) in [7, 11) is -1.83. The second kappa shape index (κ2) is 3.85. The van der Waals surface area contributed by atoms with Crippen molar-refractivity contribution in [3.8, 4) is 0 Å². The fourth-order valence-electron chi connectivity index (χ4n) is 1.04. The second-order valence-corrected chi connectivity index (χ2v) is 7.13. The normalized spacial score (nSPS) is 12.8. The van der Waals surface area contributed by atoms with E-state index in [1.54, 1.807) is 0 Å². The molecule has 0 amide bonds. The van der Waals surface area contributed by atoms with Gasteiger partial charge in [0.15, 0.2) is 0 Å². The molecule has 0 spiro atoms. The summed E-state index contributed by atoms with van der Waals surface area (Å²) < 4.78 is 11.4. The van der Waals surface area contributed by atoms with E-state index in [0.29, 0.717) is 0 Å². The van der Waals surface area contributed by atoms with Crippen LogP contribution in [0.15, 0.2) is 30.3 Å². The lowest BCUT2D eigenvalue weighted by molar-refractivity contribution is 0.677. The minimum Gasteiger partial charge on any atom is -0.285 e. The zero-order valence-corrected chi connectivity index (χ0v) is 8.55. The number of benzene rings is 1. The molecular weight excluding hydrogens is 168 g/mol. The number of aryl methyl sites for hydroxylation is 1. The van der Waals surface area contributed by atoms with Gasteiger partial charge in [-0.2, -0.15) is 0 Å². The Morgan fingerprint density at radius 3 is 2.25 bits per heavy atom. The van der Waals surface area contributed by atoms with Crippen LogP contribution in [0.4, 0.5) is 0 Å². The van der Waals surface area contributed by atoms with Crippen LogP contribution in [0, 0.1) is 0 Å². The van der Waals surface area contributed by atoms with Crippen molar-refractivity contribution >= 4 is 9.93 Å². The Kier molecular flexibility index (Phi) is 3.04. The van der Waals surface area contributed by atoms with Crippen LogP contribution < -0.4 is 0 Å². The van der Waals surface area contributed by atoms with Crippen molar-refractivity contribution in [1.29, 1.82) is 0 Å². The van der Waals surface area contributed by atoms with Crippen molar-refractivity contribution in [3.63, 3.8) is 0 Å². The average molecular weight is 184 g/mol. The molecule has 0 aliphatic heterocycles. The average Bonchev–Trinajstić information content (AvgIpc) is 2.02. The van der Waals surface area contributed by atoms with Gasteiger partial charge in [-0.15, -0.1) is 9.93 Å². The lowest BCUT2D eigenvalue weighted by atomic mass is 10.2. The van der Waals surface area contributed by atoms with Crippen LogP contribution in [0.1, 0.15) is 5.56 Å². The fraction of sp³-hybridized carbons (Fsp3) is 0.400. The van der Waals surface area contributed by atoms with Gasteiger partial charge in [-0.3, -0.25) is 4.21 Å². The van der Waals surface area contributed by atoms with Crippen LogP contribution in [0.3, 0.4) is 0 Å². The van der Waals surface area contributed by atoms with E-state index in [-0.39, 0.29) is 0 Å². The topological polar surface area (TPSA) is 17.1 Å². The third-order valence-electron chi connectivity index (χ3n) is 1.78. The van der Waals surface area contributed by atoms with Gasteiger partial charge >= 0.3 is 0 Å². The Labute approximate surface area is 75.2 Å². The monoisotopic (exact) mass is 184 g/mol. The Hall–Kier alpha value is -0.630. The zero-order chi connectivity index (χ0) is 9.03. The first-order valence-corrected chi connectivity index (χ1v) is 6.94. The molecule has 0 N–H and O–H groups in total. The summed E-state index contributed by atoms with van der Waals surface area (Å²) in [5, 5.41) is 0. The van der Waals surface area contributed by atoms with E-state index < -0.39 is 9.93 Å². The van der Waals surface area contributed by atoms with Crippen LogP contribution >= 0.6 is 0 Å². The number of thiol groups is 1. The first kappa shape index (κ1) is 9.46. The third-order valence-corrected chi connectivity index (χ3v) is 3.08. The number of hydrogen-bond acceptors (Lipinski definition) is 1. The van der Waals surface area contributed by atoms with Gasteiger partial charge in [-0.1, -0.05) is 30.3 Å². The molecule has 12 heavy (non-hydrogen) atoms. The molecule has 0 aliphatic carbocycles. The lowest BCUT2D eigenvalue weighted by Crippen LogP contribution is -2.13. The minimum absolute atomic E-state index is 0.816. The fourth-order valence-corrected chi connectivity index (χ4v) is 1.84. The Bertz CT molecular complexity index is 273. The molecule has 1 nitrogen and oxygen atoms in total. The van der Waals surface area contributed by atoms with E-state index in [9.17, 15) is 4.21 Å². The van der Waals surface area contributed by atoms with Crippen LogP contribution in [0.5, 0.6) is 0 Å². The van der Waals surface area contributed by atoms with E-state index in [4.69, 9.17) is 0 Å². The smallest absolute Gasteiger partial charge is 0.00482 e. The van der Waals surface area contributed by atoms with E-state index in [1.807, 2.05) is 30.7 Å². The summed E-state index contributed by atoms with van der Waals surface area (Å²) >= 11 is 0. The van der Waals surface area contributed by atoms with Crippen LogP contribution in [0.2, 0.25) is 0 Å². The molecule has 1 aromatic rings. The molecule has 0 heterocycles. The second-order valence-electron chi connectivity index (χ2n) is 3.53. The predicted molar refractivity (Wildman–Crippen MR) is 56.4 cm³/mol. The Morgan fingerprint density at radius 1 is 1.17 bits per heavy atom. The largest absolute Gasteiger partial charge is 0.285 e. The maximum Gasteiger partial charge on any atom is 0.00482 e. The third kappa shape index (κ3) is 3.67. The van der Waals surface area contributed by atoms with Crippen molar-refractivity contribution in [3.05, 3.63) is 35.9 Å². The number of hydrogen-bond donors (Lipinski definition) is 1. The SMILES string of the molecule is C[SH](C)(=O)CCc1ccccc1. The van der Waals surface area contributed by atoms with Crippen molar-refractivity contribution in [1.82, 2.24) is 0 Å². The first-order valence-electron chi connectivity index (χ1n) is 4.16. The van der Waals surface area contributed by atoms with Gasteiger partial charge in [-0.25, -0.2) is 0 Å². The standard InChI is InChI=1S/C10H16OS/c1-12(2,11)9-8-10-6-4-3-5-7-10/h3-7,12H,8-9H2,1-2H3. The van der Waals surface area contributed by atoms with E-state index in [2.05, 4.69) is 12.1 Å². The molecule has 0 radical (unpaired) electrons. The Balaban J connectivity index is 2.50. The summed E-state index contributed by atoms with van der Waals surface area (Å²) in [5.41, 5.74) is 1.28. The summed E-state index contributed by atoms with van der Waals surface area (Å²) in [4.78, 5) is 0. The van der Waals surface area contributed by atoms with Gasteiger partial charge in [0.05, 0.1) is 0 Å². The maximum absolute atomic E-state index is 11.4. The van der Waals surface area contributed by atoms with Gasteiger partial charge in [-0.05, 0) is 24.5 Å². The quantitative estimate of drug-likeness (QED) is 0.705. The molecule has 0 saturated heterocycles. The number of rotatable bonds is 3. The summed E-state index contributed by atoms with van der Waals surface area (Å²) in [6.07, 6.45) is 4.62. The van der Waals surface area contributed by atoms with Crippen molar-refractivity contribution in [2.75, 3.05) is 18.3 Å². The molecule has 0 aromatic heterocycles. The van der Waals surface area contributed by atoms with Gasteiger partial charge in [0.2, 0.25) is 0 Å². The van der Waals surface area contributed by atoms with E-state index in [0.717, 1.165) is 12.2 Å². The van der Waals surface area contributed by atoms with E-state index >= 15 is 0 Å². The molecule has 0 unspecified atom stereocenters. The summed E-state index contributed by atoms with van der Waals surface area (Å²) in [6.45, 7) is 0. The molecule has 0 atom stereocenters. The van der Waals surface area contributed by atoms with Crippen molar-refractivity contribution in [2.45, 2.75) is 6.42 Å². The van der Waals surface area contributed by atoms with Crippen LogP contribution in [-0.2, 0) is 16.4 Å². The van der Waals surface area contributed by atoms with Gasteiger partial charge in [0.1, 0.15) is 0 Å². The lowest BCUT2D eigenvalue weighted by Gasteiger charge is -2.10. The highest BCUT2D eigenvalue weighted by molar-refractivity contribution is 8.01. The molecule has 1 aromatic carbocycles. The highest BCUT2D eigenvalue weighted by atomic mass is 32.2. The Morgan fingerprint density at radius 2 is 1.75 bits per heavy atom. The van der Waals surface area contributed by atoms with Crippen LogP contribution in [0.25, 0.3) is 0 Å². The van der Waals surface area contributed by atoms with Gasteiger partial charge in [0, 0.05) is 5.75 Å². The summed E-state index contributed by atoms with van der Waals surface area (Å²) in [5.74, 6) is 0.816. The maximum atomic E-state index is 11.4. The van der Waals surface area contributed by atoms with Gasteiger partial charge < -0.3 is 0 Å². The molecule has 0 saturated carbocycles. The van der Waals surface area contributed by atoms with Crippen molar-refractivity contribution < 1.29 is 4.21 Å². The molecule has 0 aliphatic rings. The van der Waals surface area contributed by atoms with Crippen LogP contribution in [-0.4, -0.2) is 22.5 Å². The highest BCUT2D eigenvalue weighted by Gasteiger charge is 2.00. The molecule has 2 heteroatoms. The zero-order valence-electron chi connectivity index (χ0n) is 7.66. The molecule has 0 fully saturated rings. The molecular formula is C10H16OS.